The highest BCUT2D eigenvalue weighted by Crippen LogP contribution is 2.17. The van der Waals surface area contributed by atoms with Crippen molar-refractivity contribution in [2.24, 2.45) is 5.92 Å². The molecule has 2 N–H and O–H groups in total. The monoisotopic (exact) mass is 265 g/mol. The number of carbonyl (C=O) groups excluding carboxylic acids is 1. The van der Waals surface area contributed by atoms with Crippen LogP contribution < -0.4 is 10.1 Å². The summed E-state index contributed by atoms with van der Waals surface area (Å²) in [7, 11) is 0. The van der Waals surface area contributed by atoms with Crippen LogP contribution in [0.2, 0.25) is 0 Å². The van der Waals surface area contributed by atoms with E-state index in [1.807, 2.05) is 13.8 Å². The summed E-state index contributed by atoms with van der Waals surface area (Å²) >= 11 is 0. The minimum Gasteiger partial charge on any atom is -0.484 e. The third kappa shape index (κ3) is 4.99. The summed E-state index contributed by atoms with van der Waals surface area (Å²) in [5, 5.41) is 11.6. The number of aryl methyl sites for hydroxylation is 1. The number of aromatic carboxylic acids is 1. The molecule has 0 unspecified atom stereocenters. The number of amides is 1. The Kier molecular flexibility index (Phi) is 5.36. The van der Waals surface area contributed by atoms with Crippen LogP contribution in [0.5, 0.6) is 5.75 Å². The van der Waals surface area contributed by atoms with E-state index in [9.17, 15) is 9.59 Å². The first-order valence-corrected chi connectivity index (χ1v) is 6.13. The molecule has 5 nitrogen and oxygen atoms in total. The Labute approximate surface area is 112 Å². The normalized spacial score (nSPS) is 10.3. The molecule has 0 aliphatic rings. The Morgan fingerprint density at radius 2 is 2.05 bits per heavy atom. The fourth-order valence-electron chi connectivity index (χ4n) is 1.48. The van der Waals surface area contributed by atoms with Gasteiger partial charge in [0, 0.05) is 6.54 Å². The van der Waals surface area contributed by atoms with Crippen molar-refractivity contribution in [3.05, 3.63) is 29.3 Å². The van der Waals surface area contributed by atoms with E-state index in [4.69, 9.17) is 9.84 Å². The zero-order chi connectivity index (χ0) is 14.4. The molecular weight excluding hydrogens is 246 g/mol. The second kappa shape index (κ2) is 6.78. The van der Waals surface area contributed by atoms with Crippen molar-refractivity contribution in [2.45, 2.75) is 20.8 Å². The molecule has 1 aromatic rings. The molecule has 0 bridgehead atoms. The Balaban J connectivity index is 2.52. The first kappa shape index (κ1) is 15.0. The first-order chi connectivity index (χ1) is 8.90. The van der Waals surface area contributed by atoms with Crippen LogP contribution in [-0.2, 0) is 4.79 Å². The minimum atomic E-state index is -0.973. The fraction of sp³-hybridized carbons (Fsp3) is 0.429. The number of rotatable bonds is 6. The van der Waals surface area contributed by atoms with Gasteiger partial charge in [-0.25, -0.2) is 4.79 Å². The number of ether oxygens (including phenoxy) is 1. The van der Waals surface area contributed by atoms with E-state index in [1.54, 1.807) is 19.1 Å². The van der Waals surface area contributed by atoms with Gasteiger partial charge in [0.05, 0.1) is 5.56 Å². The van der Waals surface area contributed by atoms with Crippen molar-refractivity contribution in [2.75, 3.05) is 13.2 Å². The lowest BCUT2D eigenvalue weighted by Crippen LogP contribution is -2.31. The predicted octanol–water partition coefficient (Wildman–Crippen LogP) is 1.84. The van der Waals surface area contributed by atoms with Gasteiger partial charge in [0.2, 0.25) is 0 Å². The van der Waals surface area contributed by atoms with Crippen molar-refractivity contribution >= 4 is 11.9 Å². The van der Waals surface area contributed by atoms with Crippen molar-refractivity contribution < 1.29 is 19.4 Å². The zero-order valence-electron chi connectivity index (χ0n) is 11.4. The van der Waals surface area contributed by atoms with Crippen molar-refractivity contribution in [1.29, 1.82) is 0 Å². The number of carboxylic acids is 1. The molecule has 0 aliphatic heterocycles. The molecule has 0 atom stereocenters. The van der Waals surface area contributed by atoms with Crippen molar-refractivity contribution in [1.82, 2.24) is 5.32 Å². The number of hydrogen-bond acceptors (Lipinski definition) is 3. The standard InChI is InChI=1S/C14H19NO4/c1-9(2)7-15-13(16)8-19-11-4-5-12(14(17)18)10(3)6-11/h4-6,9H,7-8H2,1-3H3,(H,15,16)(H,17,18). The van der Waals surface area contributed by atoms with Crippen LogP contribution in [0.15, 0.2) is 18.2 Å². The smallest absolute Gasteiger partial charge is 0.335 e. The third-order valence-corrected chi connectivity index (χ3v) is 2.51. The second-order valence-corrected chi connectivity index (χ2v) is 4.77. The van der Waals surface area contributed by atoms with Gasteiger partial charge in [-0.3, -0.25) is 4.79 Å². The lowest BCUT2D eigenvalue weighted by atomic mass is 10.1. The largest absolute Gasteiger partial charge is 0.484 e. The van der Waals surface area contributed by atoms with E-state index < -0.39 is 5.97 Å². The van der Waals surface area contributed by atoms with Crippen LogP contribution in [0.3, 0.4) is 0 Å². The lowest BCUT2D eigenvalue weighted by molar-refractivity contribution is -0.123. The maximum absolute atomic E-state index is 11.5. The van der Waals surface area contributed by atoms with Gasteiger partial charge in [0.15, 0.2) is 6.61 Å². The summed E-state index contributed by atoms with van der Waals surface area (Å²) in [5.41, 5.74) is 0.837. The molecule has 0 spiro atoms. The van der Waals surface area contributed by atoms with Crippen molar-refractivity contribution in [3.63, 3.8) is 0 Å². The molecule has 0 aromatic heterocycles. The van der Waals surface area contributed by atoms with Crippen LogP contribution in [0.25, 0.3) is 0 Å². The maximum atomic E-state index is 11.5. The summed E-state index contributed by atoms with van der Waals surface area (Å²) in [5.74, 6) is -0.282. The van der Waals surface area contributed by atoms with E-state index in [1.165, 1.54) is 6.07 Å². The Morgan fingerprint density at radius 1 is 1.37 bits per heavy atom. The number of nitrogens with one attached hydrogen (secondary N) is 1. The molecule has 104 valence electrons. The molecule has 0 heterocycles. The quantitative estimate of drug-likeness (QED) is 0.823. The Bertz CT molecular complexity index is 469. The highest BCUT2D eigenvalue weighted by molar-refractivity contribution is 5.89. The predicted molar refractivity (Wildman–Crippen MR) is 71.5 cm³/mol. The van der Waals surface area contributed by atoms with E-state index in [2.05, 4.69) is 5.32 Å². The summed E-state index contributed by atoms with van der Waals surface area (Å²) in [6.45, 7) is 6.25. The van der Waals surface area contributed by atoms with Crippen LogP contribution in [-0.4, -0.2) is 30.1 Å². The molecule has 0 radical (unpaired) electrons. The topological polar surface area (TPSA) is 75.6 Å². The van der Waals surface area contributed by atoms with Crippen LogP contribution >= 0.6 is 0 Å². The molecule has 1 aromatic carbocycles. The first-order valence-electron chi connectivity index (χ1n) is 6.13. The summed E-state index contributed by atoms with van der Waals surface area (Å²) in [6.07, 6.45) is 0. The van der Waals surface area contributed by atoms with Gasteiger partial charge in [0.25, 0.3) is 5.91 Å². The Hall–Kier alpha value is -2.04. The van der Waals surface area contributed by atoms with Crippen molar-refractivity contribution in [3.8, 4) is 5.75 Å². The molecule has 19 heavy (non-hydrogen) atoms. The Morgan fingerprint density at radius 3 is 2.58 bits per heavy atom. The highest BCUT2D eigenvalue weighted by Gasteiger charge is 2.09. The van der Waals surface area contributed by atoms with E-state index in [-0.39, 0.29) is 18.1 Å². The van der Waals surface area contributed by atoms with Gasteiger partial charge in [-0.1, -0.05) is 13.8 Å². The summed E-state index contributed by atoms with van der Waals surface area (Å²) < 4.78 is 5.31. The average molecular weight is 265 g/mol. The van der Waals surface area contributed by atoms with E-state index in [0.29, 0.717) is 23.8 Å². The molecule has 1 amide bonds. The van der Waals surface area contributed by atoms with Gasteiger partial charge in [-0.15, -0.1) is 0 Å². The molecule has 1 rings (SSSR count). The molecular formula is C14H19NO4. The third-order valence-electron chi connectivity index (χ3n) is 2.51. The van der Waals surface area contributed by atoms with E-state index in [0.717, 1.165) is 0 Å². The molecule has 5 heteroatoms. The zero-order valence-corrected chi connectivity index (χ0v) is 11.4. The van der Waals surface area contributed by atoms with Crippen LogP contribution in [0.1, 0.15) is 29.8 Å². The number of hydrogen-bond donors (Lipinski definition) is 2. The van der Waals surface area contributed by atoms with Gasteiger partial charge < -0.3 is 15.2 Å². The minimum absolute atomic E-state index is 0.0709. The molecule has 0 aliphatic carbocycles. The molecule has 0 fully saturated rings. The maximum Gasteiger partial charge on any atom is 0.335 e. The fourth-order valence-corrected chi connectivity index (χ4v) is 1.48. The lowest BCUT2D eigenvalue weighted by Gasteiger charge is -2.10. The van der Waals surface area contributed by atoms with Gasteiger partial charge >= 0.3 is 5.97 Å². The molecule has 0 saturated heterocycles. The average Bonchev–Trinajstić information content (AvgIpc) is 2.33. The highest BCUT2D eigenvalue weighted by atomic mass is 16.5. The van der Waals surface area contributed by atoms with E-state index >= 15 is 0 Å². The second-order valence-electron chi connectivity index (χ2n) is 4.77. The molecule has 0 saturated carbocycles. The number of carbonyl (C=O) groups is 2. The van der Waals surface area contributed by atoms with Crippen LogP contribution in [0, 0.1) is 12.8 Å². The number of carboxylic acid groups (broad SMARTS) is 1. The van der Waals surface area contributed by atoms with Gasteiger partial charge in [0.1, 0.15) is 5.75 Å². The van der Waals surface area contributed by atoms with Crippen LogP contribution in [0.4, 0.5) is 0 Å². The summed E-state index contributed by atoms with van der Waals surface area (Å²) in [6, 6.07) is 4.63. The van der Waals surface area contributed by atoms with Gasteiger partial charge in [-0.2, -0.15) is 0 Å². The SMILES string of the molecule is Cc1cc(OCC(=O)NCC(C)C)ccc1C(=O)O. The van der Waals surface area contributed by atoms with Gasteiger partial charge in [-0.05, 0) is 36.6 Å². The summed E-state index contributed by atoms with van der Waals surface area (Å²) in [4.78, 5) is 22.3. The number of benzene rings is 1.